The number of nitrogens with one attached hydrogen (secondary N) is 1. The third kappa shape index (κ3) is 4.63. The maximum absolute atomic E-state index is 13.4. The Balaban J connectivity index is 1.81. The van der Waals surface area contributed by atoms with Crippen LogP contribution in [0.2, 0.25) is 0 Å². The summed E-state index contributed by atoms with van der Waals surface area (Å²) in [5.74, 6) is -1.50. The lowest BCUT2D eigenvalue weighted by atomic mass is 10.1. The van der Waals surface area contributed by atoms with Crippen LogP contribution >= 0.6 is 0 Å². The first-order chi connectivity index (χ1) is 10.6. The first kappa shape index (κ1) is 16.1. The molecule has 2 aromatic carbocycles. The number of halogens is 2. The molecule has 0 unspecified atom stereocenters. The summed E-state index contributed by atoms with van der Waals surface area (Å²) in [6, 6.07) is 10.5. The van der Waals surface area contributed by atoms with E-state index in [1.165, 1.54) is 0 Å². The molecule has 22 heavy (non-hydrogen) atoms. The van der Waals surface area contributed by atoms with Crippen molar-refractivity contribution >= 4 is 5.91 Å². The van der Waals surface area contributed by atoms with E-state index in [-0.39, 0.29) is 24.5 Å². The zero-order valence-corrected chi connectivity index (χ0v) is 12.0. The van der Waals surface area contributed by atoms with Crippen molar-refractivity contribution in [3.05, 3.63) is 70.8 Å². The van der Waals surface area contributed by atoms with E-state index in [1.54, 1.807) is 0 Å². The average molecular weight is 305 g/mol. The standard InChI is InChI=1S/C17H17F2NO2/c18-15-5-6-16(19)14(9-15)10-17(22)20-8-7-12-1-3-13(11-21)4-2-12/h1-6,9,21H,7-8,10-11H2,(H,20,22). The van der Waals surface area contributed by atoms with Gasteiger partial charge in [-0.25, -0.2) is 8.78 Å². The van der Waals surface area contributed by atoms with Gasteiger partial charge in [0.05, 0.1) is 13.0 Å². The Morgan fingerprint density at radius 2 is 1.73 bits per heavy atom. The molecule has 116 valence electrons. The van der Waals surface area contributed by atoms with Crippen LogP contribution < -0.4 is 5.32 Å². The molecule has 0 aliphatic heterocycles. The van der Waals surface area contributed by atoms with E-state index in [1.807, 2.05) is 24.3 Å². The van der Waals surface area contributed by atoms with E-state index in [9.17, 15) is 13.6 Å². The molecule has 0 saturated carbocycles. The van der Waals surface area contributed by atoms with Crippen molar-refractivity contribution < 1.29 is 18.7 Å². The lowest BCUT2D eigenvalue weighted by Gasteiger charge is -2.07. The predicted octanol–water partition coefficient (Wildman–Crippen LogP) is 2.36. The smallest absolute Gasteiger partial charge is 0.224 e. The maximum atomic E-state index is 13.4. The van der Waals surface area contributed by atoms with Crippen LogP contribution in [0.3, 0.4) is 0 Å². The summed E-state index contributed by atoms with van der Waals surface area (Å²) in [4.78, 5) is 11.7. The molecule has 1 amide bonds. The van der Waals surface area contributed by atoms with Crippen LogP contribution in [0.4, 0.5) is 8.78 Å². The number of amides is 1. The number of carbonyl (C=O) groups is 1. The Kier molecular flexibility index (Phi) is 5.61. The molecule has 5 heteroatoms. The van der Waals surface area contributed by atoms with Gasteiger partial charge in [0.2, 0.25) is 5.91 Å². The molecule has 2 aromatic rings. The Bertz CT molecular complexity index is 642. The highest BCUT2D eigenvalue weighted by Gasteiger charge is 2.09. The summed E-state index contributed by atoms with van der Waals surface area (Å²) < 4.78 is 26.4. The number of hydrogen-bond acceptors (Lipinski definition) is 2. The molecule has 0 aromatic heterocycles. The summed E-state index contributed by atoms with van der Waals surface area (Å²) >= 11 is 0. The largest absolute Gasteiger partial charge is 0.392 e. The van der Waals surface area contributed by atoms with E-state index in [0.717, 1.165) is 29.3 Å². The molecule has 0 fully saturated rings. The second-order valence-corrected chi connectivity index (χ2v) is 4.99. The van der Waals surface area contributed by atoms with E-state index in [0.29, 0.717) is 13.0 Å². The van der Waals surface area contributed by atoms with Gasteiger partial charge in [-0.15, -0.1) is 0 Å². The predicted molar refractivity (Wildman–Crippen MR) is 79.1 cm³/mol. The van der Waals surface area contributed by atoms with Crippen molar-refractivity contribution in [1.29, 1.82) is 0 Å². The fraction of sp³-hybridized carbons (Fsp3) is 0.235. The number of benzene rings is 2. The van der Waals surface area contributed by atoms with Crippen LogP contribution in [0.5, 0.6) is 0 Å². The monoisotopic (exact) mass is 305 g/mol. The molecule has 2 rings (SSSR count). The first-order valence-corrected chi connectivity index (χ1v) is 6.98. The molecule has 0 radical (unpaired) electrons. The van der Waals surface area contributed by atoms with Gasteiger partial charge in [0.25, 0.3) is 0 Å². The molecule has 0 spiro atoms. The Hall–Kier alpha value is -2.27. The van der Waals surface area contributed by atoms with E-state index < -0.39 is 11.6 Å². The fourth-order valence-corrected chi connectivity index (χ4v) is 2.07. The van der Waals surface area contributed by atoms with Gasteiger partial charge in [-0.05, 0) is 35.7 Å². The molecule has 2 N–H and O–H groups in total. The van der Waals surface area contributed by atoms with Crippen LogP contribution in [0.15, 0.2) is 42.5 Å². The molecule has 0 aliphatic carbocycles. The van der Waals surface area contributed by atoms with Crippen LogP contribution in [0.25, 0.3) is 0 Å². The van der Waals surface area contributed by atoms with Crippen molar-refractivity contribution in [2.75, 3.05) is 6.54 Å². The van der Waals surface area contributed by atoms with E-state index >= 15 is 0 Å². The van der Waals surface area contributed by atoms with Gasteiger partial charge < -0.3 is 10.4 Å². The third-order valence-corrected chi connectivity index (χ3v) is 3.30. The number of rotatable bonds is 6. The molecule has 0 saturated heterocycles. The Morgan fingerprint density at radius 3 is 2.41 bits per heavy atom. The summed E-state index contributed by atoms with van der Waals surface area (Å²) in [5, 5.41) is 11.6. The molecule has 0 aliphatic rings. The van der Waals surface area contributed by atoms with Gasteiger partial charge in [-0.2, -0.15) is 0 Å². The maximum Gasteiger partial charge on any atom is 0.224 e. The van der Waals surface area contributed by atoms with Gasteiger partial charge >= 0.3 is 0 Å². The van der Waals surface area contributed by atoms with Gasteiger partial charge in [0.15, 0.2) is 0 Å². The quantitative estimate of drug-likeness (QED) is 0.861. The minimum absolute atomic E-state index is 0.00375. The SMILES string of the molecule is O=C(Cc1cc(F)ccc1F)NCCc1ccc(CO)cc1. The molecule has 0 atom stereocenters. The molecule has 0 bridgehead atoms. The lowest BCUT2D eigenvalue weighted by molar-refractivity contribution is -0.120. The van der Waals surface area contributed by atoms with Crippen molar-refractivity contribution in [2.45, 2.75) is 19.4 Å². The third-order valence-electron chi connectivity index (χ3n) is 3.30. The van der Waals surface area contributed by atoms with E-state index in [4.69, 9.17) is 5.11 Å². The summed E-state index contributed by atoms with van der Waals surface area (Å²) in [6.45, 7) is 0.407. The van der Waals surface area contributed by atoms with Crippen molar-refractivity contribution in [3.63, 3.8) is 0 Å². The molecule has 3 nitrogen and oxygen atoms in total. The number of aliphatic hydroxyl groups excluding tert-OH is 1. The minimum atomic E-state index is -0.587. The highest BCUT2D eigenvalue weighted by Crippen LogP contribution is 2.10. The van der Waals surface area contributed by atoms with E-state index in [2.05, 4.69) is 5.32 Å². The van der Waals surface area contributed by atoms with Gasteiger partial charge in [-0.1, -0.05) is 24.3 Å². The van der Waals surface area contributed by atoms with Gasteiger partial charge in [0, 0.05) is 12.1 Å². The highest BCUT2D eigenvalue weighted by molar-refractivity contribution is 5.78. The molecule has 0 heterocycles. The topological polar surface area (TPSA) is 49.3 Å². The van der Waals surface area contributed by atoms with Gasteiger partial charge in [0.1, 0.15) is 11.6 Å². The second kappa shape index (κ2) is 7.66. The fourth-order valence-electron chi connectivity index (χ4n) is 2.07. The highest BCUT2D eigenvalue weighted by atomic mass is 19.1. The second-order valence-electron chi connectivity index (χ2n) is 4.99. The zero-order chi connectivity index (χ0) is 15.9. The molecular formula is C17H17F2NO2. The van der Waals surface area contributed by atoms with Crippen molar-refractivity contribution in [3.8, 4) is 0 Å². The Morgan fingerprint density at radius 1 is 1.05 bits per heavy atom. The van der Waals surface area contributed by atoms with Crippen LogP contribution in [0, 0.1) is 11.6 Å². The number of hydrogen-bond donors (Lipinski definition) is 2. The average Bonchev–Trinajstić information content (AvgIpc) is 2.51. The van der Waals surface area contributed by atoms with Crippen molar-refractivity contribution in [2.24, 2.45) is 0 Å². The van der Waals surface area contributed by atoms with Crippen LogP contribution in [-0.4, -0.2) is 17.6 Å². The van der Waals surface area contributed by atoms with Crippen LogP contribution in [0.1, 0.15) is 16.7 Å². The molecular weight excluding hydrogens is 288 g/mol. The van der Waals surface area contributed by atoms with Gasteiger partial charge in [-0.3, -0.25) is 4.79 Å². The Labute approximate surface area is 127 Å². The first-order valence-electron chi connectivity index (χ1n) is 6.98. The number of aliphatic hydroxyl groups is 1. The minimum Gasteiger partial charge on any atom is -0.392 e. The van der Waals surface area contributed by atoms with Crippen LogP contribution in [-0.2, 0) is 24.2 Å². The van der Waals surface area contributed by atoms with Crippen molar-refractivity contribution in [1.82, 2.24) is 5.32 Å². The lowest BCUT2D eigenvalue weighted by Crippen LogP contribution is -2.27. The normalized spacial score (nSPS) is 10.5. The zero-order valence-electron chi connectivity index (χ0n) is 12.0. The summed E-state index contributed by atoms with van der Waals surface area (Å²) in [7, 11) is 0. The summed E-state index contributed by atoms with van der Waals surface area (Å²) in [6.07, 6.45) is 0.441. The summed E-state index contributed by atoms with van der Waals surface area (Å²) in [5.41, 5.74) is 1.90. The number of carbonyl (C=O) groups excluding carboxylic acids is 1.